The highest BCUT2D eigenvalue weighted by atomic mass is 35.5. The molecular formula is C29H33ClFN3O4S. The molecule has 0 unspecified atom stereocenters. The molecule has 0 heterocycles. The molecule has 0 aliphatic heterocycles. The molecule has 0 saturated heterocycles. The summed E-state index contributed by atoms with van der Waals surface area (Å²) in [5, 5.41) is 3.34. The minimum Gasteiger partial charge on any atom is -0.354 e. The van der Waals surface area contributed by atoms with Gasteiger partial charge in [0, 0.05) is 18.1 Å². The van der Waals surface area contributed by atoms with E-state index in [1.165, 1.54) is 35.2 Å². The molecule has 0 aromatic heterocycles. The Hall–Kier alpha value is -3.43. The lowest BCUT2D eigenvalue weighted by molar-refractivity contribution is -0.140. The van der Waals surface area contributed by atoms with Gasteiger partial charge in [-0.15, -0.1) is 0 Å². The van der Waals surface area contributed by atoms with Crippen molar-refractivity contribution in [2.45, 2.75) is 51.1 Å². The zero-order valence-corrected chi connectivity index (χ0v) is 23.8. The summed E-state index contributed by atoms with van der Waals surface area (Å²) in [6.07, 6.45) is 1.00. The molecule has 1 atom stereocenters. The van der Waals surface area contributed by atoms with Crippen LogP contribution in [0.25, 0.3) is 0 Å². The Balaban J connectivity index is 2.05. The maximum absolute atomic E-state index is 15.0. The molecule has 208 valence electrons. The average molecular weight is 574 g/mol. The summed E-state index contributed by atoms with van der Waals surface area (Å²) in [5.74, 6) is -1.79. The first kappa shape index (κ1) is 30.1. The number of nitrogens with zero attached hydrogens (tertiary/aromatic N) is 2. The van der Waals surface area contributed by atoms with Gasteiger partial charge in [-0.1, -0.05) is 67.4 Å². The lowest BCUT2D eigenvalue weighted by Gasteiger charge is -2.33. The van der Waals surface area contributed by atoms with Crippen LogP contribution in [0.3, 0.4) is 0 Å². The number of nitrogens with one attached hydrogen (secondary N) is 1. The number of carbonyl (C=O) groups excluding carboxylic acids is 2. The third-order valence-corrected chi connectivity index (χ3v) is 8.24. The van der Waals surface area contributed by atoms with Crippen LogP contribution in [0, 0.1) is 12.7 Å². The van der Waals surface area contributed by atoms with Crippen molar-refractivity contribution in [1.29, 1.82) is 0 Å². The molecule has 0 bridgehead atoms. The van der Waals surface area contributed by atoms with Gasteiger partial charge in [-0.05, 0) is 61.7 Å². The fraction of sp³-hybridized carbons (Fsp3) is 0.310. The first-order valence-corrected chi connectivity index (χ1v) is 14.6. The Kier molecular flexibility index (Phi) is 10.5. The van der Waals surface area contributed by atoms with Gasteiger partial charge in [0.05, 0.1) is 10.6 Å². The van der Waals surface area contributed by atoms with E-state index in [0.717, 1.165) is 15.9 Å². The molecule has 0 fully saturated rings. The summed E-state index contributed by atoms with van der Waals surface area (Å²) in [4.78, 5) is 28.2. The predicted octanol–water partition coefficient (Wildman–Crippen LogP) is 5.32. The van der Waals surface area contributed by atoms with E-state index in [2.05, 4.69) is 5.32 Å². The van der Waals surface area contributed by atoms with E-state index in [0.29, 0.717) is 30.0 Å². The summed E-state index contributed by atoms with van der Waals surface area (Å²) in [6.45, 7) is 5.27. The predicted molar refractivity (Wildman–Crippen MR) is 151 cm³/mol. The highest BCUT2D eigenvalue weighted by Gasteiger charge is 2.34. The van der Waals surface area contributed by atoms with Gasteiger partial charge in [-0.25, -0.2) is 12.8 Å². The monoisotopic (exact) mass is 573 g/mol. The normalized spacial score (nSPS) is 12.0. The number of rotatable bonds is 12. The third kappa shape index (κ3) is 7.58. The minimum absolute atomic E-state index is 0.0315. The zero-order chi connectivity index (χ0) is 28.6. The molecule has 0 aliphatic rings. The van der Waals surface area contributed by atoms with Gasteiger partial charge in [0.2, 0.25) is 11.8 Å². The Bertz CT molecular complexity index is 1380. The molecule has 3 aromatic carbocycles. The number of hydrogen-bond donors (Lipinski definition) is 1. The molecule has 39 heavy (non-hydrogen) atoms. The van der Waals surface area contributed by atoms with Gasteiger partial charge in [0.1, 0.15) is 18.4 Å². The average Bonchev–Trinajstić information content (AvgIpc) is 2.92. The fourth-order valence-electron chi connectivity index (χ4n) is 4.08. The highest BCUT2D eigenvalue weighted by Crippen LogP contribution is 2.27. The number of para-hydroxylation sites is 1. The molecule has 3 aromatic rings. The number of sulfonamides is 1. The number of amides is 2. The van der Waals surface area contributed by atoms with Crippen molar-refractivity contribution < 1.29 is 22.4 Å². The number of anilines is 1. The smallest absolute Gasteiger partial charge is 0.264 e. The topological polar surface area (TPSA) is 86.8 Å². The molecule has 10 heteroatoms. The summed E-state index contributed by atoms with van der Waals surface area (Å²) in [7, 11) is -4.34. The van der Waals surface area contributed by atoms with Crippen molar-refractivity contribution in [1.82, 2.24) is 10.2 Å². The lowest BCUT2D eigenvalue weighted by atomic mass is 10.1. The second-order valence-corrected chi connectivity index (χ2v) is 11.4. The molecule has 0 saturated carbocycles. The number of carbonyl (C=O) groups is 2. The van der Waals surface area contributed by atoms with Crippen LogP contribution in [0.4, 0.5) is 10.1 Å². The van der Waals surface area contributed by atoms with Crippen LogP contribution >= 0.6 is 11.6 Å². The summed E-state index contributed by atoms with van der Waals surface area (Å²) >= 11 is 6.02. The first-order chi connectivity index (χ1) is 18.6. The largest absolute Gasteiger partial charge is 0.354 e. The first-order valence-electron chi connectivity index (χ1n) is 12.7. The maximum atomic E-state index is 15.0. The van der Waals surface area contributed by atoms with Crippen molar-refractivity contribution >= 4 is 39.1 Å². The van der Waals surface area contributed by atoms with Gasteiger partial charge in [0.25, 0.3) is 10.0 Å². The van der Waals surface area contributed by atoms with Crippen LogP contribution in [0.5, 0.6) is 0 Å². The van der Waals surface area contributed by atoms with Crippen molar-refractivity contribution in [2.24, 2.45) is 0 Å². The van der Waals surface area contributed by atoms with Gasteiger partial charge < -0.3 is 10.2 Å². The van der Waals surface area contributed by atoms with E-state index in [4.69, 9.17) is 11.6 Å². The molecule has 2 amide bonds. The molecule has 3 rings (SSSR count). The fourth-order valence-corrected chi connectivity index (χ4v) is 5.62. The van der Waals surface area contributed by atoms with E-state index in [9.17, 15) is 22.4 Å². The second-order valence-electron chi connectivity index (χ2n) is 9.14. The Morgan fingerprint density at radius 1 is 0.974 bits per heavy atom. The van der Waals surface area contributed by atoms with E-state index in [-0.39, 0.29) is 23.0 Å². The van der Waals surface area contributed by atoms with Crippen LogP contribution in [0.15, 0.2) is 77.7 Å². The minimum atomic E-state index is -4.34. The third-order valence-electron chi connectivity index (χ3n) is 6.21. The summed E-state index contributed by atoms with van der Waals surface area (Å²) in [5.41, 5.74) is 1.29. The number of aryl methyl sites for hydroxylation is 1. The zero-order valence-electron chi connectivity index (χ0n) is 22.2. The van der Waals surface area contributed by atoms with Gasteiger partial charge in [0.15, 0.2) is 0 Å². The van der Waals surface area contributed by atoms with E-state index in [1.54, 1.807) is 43.3 Å². The van der Waals surface area contributed by atoms with Crippen molar-refractivity contribution in [3.63, 3.8) is 0 Å². The quantitative estimate of drug-likeness (QED) is 0.318. The van der Waals surface area contributed by atoms with Gasteiger partial charge in [-0.3, -0.25) is 13.9 Å². The number of benzene rings is 3. The standard InChI is InChI=1S/C29H33ClFN3O4S/c1-4-18-32-29(36)26(5-2)33(19-22-12-14-23(30)15-13-22)28(35)20-34(27-9-7-6-8-25(27)31)39(37,38)24-16-10-21(3)11-17-24/h6-17,26H,4-5,18-20H2,1-3H3,(H,32,36)/t26-/m0/s1. The van der Waals surface area contributed by atoms with Crippen LogP contribution < -0.4 is 9.62 Å². The maximum Gasteiger partial charge on any atom is 0.264 e. The second kappa shape index (κ2) is 13.6. The Morgan fingerprint density at radius 3 is 2.21 bits per heavy atom. The molecule has 0 radical (unpaired) electrons. The number of halogens is 2. The number of hydrogen-bond acceptors (Lipinski definition) is 4. The van der Waals surface area contributed by atoms with Gasteiger partial charge in [-0.2, -0.15) is 0 Å². The molecule has 0 aliphatic carbocycles. The van der Waals surface area contributed by atoms with Crippen LogP contribution in [0.1, 0.15) is 37.8 Å². The van der Waals surface area contributed by atoms with E-state index >= 15 is 0 Å². The molecule has 0 spiro atoms. The Labute approximate surface area is 234 Å². The molecule has 7 nitrogen and oxygen atoms in total. The molecular weight excluding hydrogens is 541 g/mol. The highest BCUT2D eigenvalue weighted by molar-refractivity contribution is 7.92. The lowest BCUT2D eigenvalue weighted by Crippen LogP contribution is -2.52. The van der Waals surface area contributed by atoms with E-state index in [1.807, 2.05) is 13.8 Å². The summed E-state index contributed by atoms with van der Waals surface area (Å²) < 4.78 is 43.3. The van der Waals surface area contributed by atoms with Crippen molar-refractivity contribution in [3.8, 4) is 0 Å². The van der Waals surface area contributed by atoms with Crippen LogP contribution in [-0.2, 0) is 26.2 Å². The van der Waals surface area contributed by atoms with Crippen LogP contribution in [0.2, 0.25) is 5.02 Å². The van der Waals surface area contributed by atoms with E-state index < -0.39 is 34.3 Å². The van der Waals surface area contributed by atoms with Crippen LogP contribution in [-0.4, -0.2) is 44.3 Å². The SMILES string of the molecule is CCCNC(=O)[C@H](CC)N(Cc1ccc(Cl)cc1)C(=O)CN(c1ccccc1F)S(=O)(=O)c1ccc(C)cc1. The summed E-state index contributed by atoms with van der Waals surface area (Å²) in [6, 6.07) is 17.4. The molecule has 1 N–H and O–H groups in total. The van der Waals surface area contributed by atoms with Crippen molar-refractivity contribution in [3.05, 3.63) is 94.8 Å². The van der Waals surface area contributed by atoms with Gasteiger partial charge >= 0.3 is 0 Å². The Morgan fingerprint density at radius 2 is 1.62 bits per heavy atom. The van der Waals surface area contributed by atoms with Crippen molar-refractivity contribution in [2.75, 3.05) is 17.4 Å².